The summed E-state index contributed by atoms with van der Waals surface area (Å²) in [6, 6.07) is 0. The zero-order valence-electron chi connectivity index (χ0n) is 47.1. The van der Waals surface area contributed by atoms with Crippen molar-refractivity contribution in [1.82, 2.24) is 0 Å². The minimum atomic E-state index is -0.760. The molecule has 0 radical (unpaired) electrons. The molecule has 0 heterocycles. The smallest absolute Gasteiger partial charge is 0.306 e. The number of ether oxygens (including phenoxy) is 3. The van der Waals surface area contributed by atoms with Crippen LogP contribution in [0.5, 0.6) is 0 Å². The van der Waals surface area contributed by atoms with Crippen LogP contribution in [0.3, 0.4) is 0 Å². The molecule has 0 spiro atoms. The number of esters is 3. The Morgan fingerprint density at radius 2 is 0.391 bits per heavy atom. The molecule has 0 aromatic carbocycles. The fourth-order valence-corrected chi connectivity index (χ4v) is 9.86. The first-order valence-corrected chi connectivity index (χ1v) is 31.5. The molecule has 0 N–H and O–H groups in total. The quantitative estimate of drug-likeness (QED) is 0.0343. The highest BCUT2D eigenvalue weighted by molar-refractivity contribution is 5.71. The molecule has 0 aliphatic carbocycles. The summed E-state index contributed by atoms with van der Waals surface area (Å²) >= 11 is 0. The molecule has 0 aromatic rings. The summed E-state index contributed by atoms with van der Waals surface area (Å²) in [5.41, 5.74) is 0. The van der Waals surface area contributed by atoms with Gasteiger partial charge in [-0.15, -0.1) is 0 Å². The van der Waals surface area contributed by atoms with Gasteiger partial charge in [0.15, 0.2) is 6.10 Å². The van der Waals surface area contributed by atoms with Gasteiger partial charge in [0.1, 0.15) is 13.2 Å². The van der Waals surface area contributed by atoms with E-state index in [4.69, 9.17) is 14.2 Å². The molecule has 0 aromatic heterocycles. The molecule has 6 heteroatoms. The Balaban J connectivity index is 4.03. The van der Waals surface area contributed by atoms with Gasteiger partial charge in [0.25, 0.3) is 0 Å². The second-order valence-corrected chi connectivity index (χ2v) is 21.7. The Hall–Kier alpha value is -1.59. The molecule has 0 amide bonds. The van der Waals surface area contributed by atoms with E-state index < -0.39 is 6.10 Å². The Labute approximate surface area is 431 Å². The summed E-state index contributed by atoms with van der Waals surface area (Å²) in [4.78, 5) is 38.0. The van der Waals surface area contributed by atoms with Gasteiger partial charge < -0.3 is 14.2 Å². The normalized spacial score (nSPS) is 11.9. The van der Waals surface area contributed by atoms with E-state index in [0.29, 0.717) is 19.3 Å². The predicted octanol–water partition coefficient (Wildman–Crippen LogP) is 21.1. The topological polar surface area (TPSA) is 78.9 Å². The van der Waals surface area contributed by atoms with Gasteiger partial charge in [-0.05, 0) is 19.3 Å². The van der Waals surface area contributed by atoms with E-state index in [1.165, 1.54) is 270 Å². The lowest BCUT2D eigenvalue weighted by atomic mass is 10.0. The SMILES string of the molecule is CCCCCCCCCCCCCCCCCCCCCCCCCCCCC(=O)OCC(COC(=O)CCCCCCCCC)OC(=O)CCCCCCCCCCCCCCCCCCCC. The van der Waals surface area contributed by atoms with Gasteiger partial charge in [-0.2, -0.15) is 0 Å². The molecule has 410 valence electrons. The highest BCUT2D eigenvalue weighted by atomic mass is 16.6. The minimum absolute atomic E-state index is 0.0616. The molecule has 1 unspecified atom stereocenters. The van der Waals surface area contributed by atoms with Crippen LogP contribution in [0.4, 0.5) is 0 Å². The number of carbonyl (C=O) groups excluding carboxylic acids is 3. The van der Waals surface area contributed by atoms with E-state index in [2.05, 4.69) is 20.8 Å². The largest absolute Gasteiger partial charge is 0.462 e. The lowest BCUT2D eigenvalue weighted by molar-refractivity contribution is -0.167. The first-order valence-electron chi connectivity index (χ1n) is 31.5. The molecule has 1 atom stereocenters. The second-order valence-electron chi connectivity index (χ2n) is 21.7. The monoisotopic (exact) mass is 975 g/mol. The molecule has 0 rings (SSSR count). The van der Waals surface area contributed by atoms with Crippen molar-refractivity contribution in [3.63, 3.8) is 0 Å². The molecule has 69 heavy (non-hydrogen) atoms. The van der Waals surface area contributed by atoms with E-state index in [-0.39, 0.29) is 31.1 Å². The maximum absolute atomic E-state index is 12.8. The first kappa shape index (κ1) is 67.4. The summed E-state index contributed by atoms with van der Waals surface area (Å²) in [7, 11) is 0. The zero-order valence-corrected chi connectivity index (χ0v) is 47.1. The Bertz CT molecular complexity index is 1030. The maximum Gasteiger partial charge on any atom is 0.306 e. The van der Waals surface area contributed by atoms with Crippen molar-refractivity contribution in [2.75, 3.05) is 13.2 Å². The van der Waals surface area contributed by atoms with Crippen molar-refractivity contribution >= 4 is 17.9 Å². The standard InChI is InChI=1S/C63H122O6/c1-4-7-10-13-16-18-20-22-24-26-28-29-30-31-32-33-34-35-37-38-40-42-44-47-50-53-56-62(65)68-59-60(58-67-61(64)55-52-49-46-15-12-9-6-3)69-63(66)57-54-51-48-45-43-41-39-36-27-25-23-21-19-17-14-11-8-5-2/h60H,4-59H2,1-3H3. The summed E-state index contributed by atoms with van der Waals surface area (Å²) in [6.07, 6.45) is 67.1. The third-order valence-electron chi connectivity index (χ3n) is 14.6. The fourth-order valence-electron chi connectivity index (χ4n) is 9.86. The number of carbonyl (C=O) groups is 3. The molecule has 0 fully saturated rings. The molecule has 0 aliphatic heterocycles. The predicted molar refractivity (Wildman–Crippen MR) is 298 cm³/mol. The summed E-state index contributed by atoms with van der Waals surface area (Å²) in [5, 5.41) is 0. The average Bonchev–Trinajstić information content (AvgIpc) is 3.35. The third kappa shape index (κ3) is 57.2. The van der Waals surface area contributed by atoms with Crippen molar-refractivity contribution in [2.45, 2.75) is 374 Å². The van der Waals surface area contributed by atoms with E-state index in [1.54, 1.807) is 0 Å². The second kappa shape index (κ2) is 59.0. The number of unbranched alkanes of at least 4 members (excludes halogenated alkanes) is 48. The molecule has 6 nitrogen and oxygen atoms in total. The van der Waals surface area contributed by atoms with Crippen molar-refractivity contribution in [3.8, 4) is 0 Å². The summed E-state index contributed by atoms with van der Waals surface area (Å²) in [5.74, 6) is -0.839. The average molecular weight is 976 g/mol. The minimum Gasteiger partial charge on any atom is -0.462 e. The van der Waals surface area contributed by atoms with Crippen molar-refractivity contribution in [2.24, 2.45) is 0 Å². The van der Waals surface area contributed by atoms with Gasteiger partial charge in [-0.1, -0.05) is 329 Å². The first-order chi connectivity index (χ1) is 34.0. The maximum atomic E-state index is 12.8. The van der Waals surface area contributed by atoms with E-state index in [1.807, 2.05) is 0 Å². The zero-order chi connectivity index (χ0) is 50.0. The molecular formula is C63H122O6. The van der Waals surface area contributed by atoms with Crippen LogP contribution in [0.25, 0.3) is 0 Å². The Morgan fingerprint density at radius 3 is 0.580 bits per heavy atom. The number of rotatable bonds is 59. The number of hydrogen-bond acceptors (Lipinski definition) is 6. The van der Waals surface area contributed by atoms with Crippen molar-refractivity contribution in [1.29, 1.82) is 0 Å². The summed E-state index contributed by atoms with van der Waals surface area (Å²) < 4.78 is 16.8. The van der Waals surface area contributed by atoms with Crippen LogP contribution in [-0.4, -0.2) is 37.2 Å². The summed E-state index contributed by atoms with van der Waals surface area (Å²) in [6.45, 7) is 6.68. The van der Waals surface area contributed by atoms with Crippen molar-refractivity contribution < 1.29 is 28.6 Å². The van der Waals surface area contributed by atoms with Crippen LogP contribution in [0, 0.1) is 0 Å². The molecule has 0 saturated carbocycles. The molecule has 0 bridgehead atoms. The third-order valence-corrected chi connectivity index (χ3v) is 14.6. The number of hydrogen-bond donors (Lipinski definition) is 0. The van der Waals surface area contributed by atoms with Gasteiger partial charge in [0.05, 0.1) is 0 Å². The fraction of sp³-hybridized carbons (Fsp3) is 0.952. The molecular weight excluding hydrogens is 853 g/mol. The van der Waals surface area contributed by atoms with Crippen molar-refractivity contribution in [3.05, 3.63) is 0 Å². The van der Waals surface area contributed by atoms with Crippen LogP contribution in [0.2, 0.25) is 0 Å². The highest BCUT2D eigenvalue weighted by Crippen LogP contribution is 2.18. The van der Waals surface area contributed by atoms with Crippen LogP contribution >= 0.6 is 0 Å². The van der Waals surface area contributed by atoms with E-state index in [9.17, 15) is 14.4 Å². The van der Waals surface area contributed by atoms with Crippen LogP contribution in [0.15, 0.2) is 0 Å². The van der Waals surface area contributed by atoms with Gasteiger partial charge >= 0.3 is 17.9 Å². The lowest BCUT2D eigenvalue weighted by Crippen LogP contribution is -2.30. The Morgan fingerprint density at radius 1 is 0.232 bits per heavy atom. The molecule has 0 aliphatic rings. The van der Waals surface area contributed by atoms with Gasteiger partial charge in [0.2, 0.25) is 0 Å². The lowest BCUT2D eigenvalue weighted by Gasteiger charge is -2.18. The van der Waals surface area contributed by atoms with Gasteiger partial charge in [-0.25, -0.2) is 0 Å². The van der Waals surface area contributed by atoms with Gasteiger partial charge in [0, 0.05) is 19.3 Å². The highest BCUT2D eigenvalue weighted by Gasteiger charge is 2.19. The van der Waals surface area contributed by atoms with Crippen LogP contribution in [-0.2, 0) is 28.6 Å². The molecule has 0 saturated heterocycles. The van der Waals surface area contributed by atoms with Crippen LogP contribution < -0.4 is 0 Å². The van der Waals surface area contributed by atoms with E-state index >= 15 is 0 Å². The van der Waals surface area contributed by atoms with Crippen LogP contribution in [0.1, 0.15) is 367 Å². The van der Waals surface area contributed by atoms with E-state index in [0.717, 1.165) is 57.8 Å². The Kier molecular flexibility index (Phi) is 57.6. The van der Waals surface area contributed by atoms with Gasteiger partial charge in [-0.3, -0.25) is 14.4 Å².